The molecular weight excluding hydrogens is 362 g/mol. The Balaban J connectivity index is 2.11. The first kappa shape index (κ1) is 17.3. The first-order valence-electron chi connectivity index (χ1n) is 7.62. The zero-order chi connectivity index (χ0) is 18.0. The van der Waals surface area contributed by atoms with Crippen LogP contribution in [0.25, 0.3) is 10.2 Å². The van der Waals surface area contributed by atoms with Gasteiger partial charge in [-0.05, 0) is 30.7 Å². The van der Waals surface area contributed by atoms with E-state index in [2.05, 4.69) is 4.99 Å². The number of aryl methyl sites for hydroxylation is 1. The maximum Gasteiger partial charge on any atom is 0.279 e. The molecule has 6 nitrogen and oxygen atoms in total. The van der Waals surface area contributed by atoms with E-state index in [1.807, 2.05) is 23.6 Å². The highest BCUT2D eigenvalue weighted by molar-refractivity contribution is 7.16. The fraction of sp³-hybridized carbons (Fsp3) is 0.176. The van der Waals surface area contributed by atoms with E-state index < -0.39 is 10.8 Å². The molecule has 25 heavy (non-hydrogen) atoms. The number of thiazole rings is 1. The molecule has 0 aliphatic heterocycles. The smallest absolute Gasteiger partial charge is 0.279 e. The summed E-state index contributed by atoms with van der Waals surface area (Å²) < 4.78 is 2.90. The van der Waals surface area contributed by atoms with Crippen molar-refractivity contribution in [2.24, 2.45) is 4.99 Å². The van der Waals surface area contributed by atoms with Gasteiger partial charge in [0, 0.05) is 29.3 Å². The Morgan fingerprint density at radius 2 is 2.12 bits per heavy atom. The number of rotatable bonds is 4. The lowest BCUT2D eigenvalue weighted by molar-refractivity contribution is -0.384. The van der Waals surface area contributed by atoms with Gasteiger partial charge in [0.25, 0.3) is 11.6 Å². The average molecular weight is 376 g/mol. The third kappa shape index (κ3) is 3.62. The van der Waals surface area contributed by atoms with Crippen LogP contribution in [0, 0.1) is 10.1 Å². The summed E-state index contributed by atoms with van der Waals surface area (Å²) >= 11 is 7.41. The van der Waals surface area contributed by atoms with Gasteiger partial charge in [-0.2, -0.15) is 4.99 Å². The minimum Gasteiger partial charge on any atom is -0.316 e. The van der Waals surface area contributed by atoms with Crippen LogP contribution in [-0.4, -0.2) is 15.4 Å². The average Bonchev–Trinajstić information content (AvgIpc) is 2.91. The number of benzene rings is 2. The predicted octanol–water partition coefficient (Wildman–Crippen LogP) is 4.42. The van der Waals surface area contributed by atoms with Crippen LogP contribution in [0.3, 0.4) is 0 Å². The Hall–Kier alpha value is -2.51. The Labute approximate surface area is 152 Å². The Bertz CT molecular complexity index is 1040. The van der Waals surface area contributed by atoms with Crippen molar-refractivity contribution < 1.29 is 9.72 Å². The van der Waals surface area contributed by atoms with Crippen molar-refractivity contribution in [3.8, 4) is 0 Å². The molecule has 0 saturated heterocycles. The first-order valence-corrected chi connectivity index (χ1v) is 8.81. The summed E-state index contributed by atoms with van der Waals surface area (Å²) in [5, 5.41) is 11.5. The lowest BCUT2D eigenvalue weighted by atomic mass is 10.2. The molecule has 0 unspecified atom stereocenters. The third-order valence-electron chi connectivity index (χ3n) is 3.59. The molecule has 0 saturated carbocycles. The summed E-state index contributed by atoms with van der Waals surface area (Å²) in [5.41, 5.74) is 1.01. The number of non-ortho nitro benzene ring substituents is 1. The number of amides is 1. The van der Waals surface area contributed by atoms with E-state index in [4.69, 9.17) is 11.6 Å². The van der Waals surface area contributed by atoms with E-state index in [1.165, 1.54) is 35.6 Å². The Kier molecular flexibility index (Phi) is 4.96. The largest absolute Gasteiger partial charge is 0.316 e. The number of aromatic nitrogens is 1. The summed E-state index contributed by atoms with van der Waals surface area (Å²) in [6.45, 7) is 2.75. The molecule has 0 aliphatic carbocycles. The van der Waals surface area contributed by atoms with Crippen LogP contribution in [0.2, 0.25) is 5.02 Å². The first-order chi connectivity index (χ1) is 12.0. The third-order valence-corrected chi connectivity index (χ3v) is 4.87. The van der Waals surface area contributed by atoms with Gasteiger partial charge in [0.15, 0.2) is 4.80 Å². The van der Waals surface area contributed by atoms with E-state index >= 15 is 0 Å². The van der Waals surface area contributed by atoms with Crippen LogP contribution >= 0.6 is 22.9 Å². The normalized spacial score (nSPS) is 11.8. The molecule has 0 fully saturated rings. The van der Waals surface area contributed by atoms with Crippen molar-refractivity contribution in [3.05, 3.63) is 68.0 Å². The van der Waals surface area contributed by atoms with E-state index in [9.17, 15) is 14.9 Å². The predicted molar refractivity (Wildman–Crippen MR) is 98.1 cm³/mol. The summed E-state index contributed by atoms with van der Waals surface area (Å²) in [5.74, 6) is -0.508. The Morgan fingerprint density at radius 1 is 1.32 bits per heavy atom. The van der Waals surface area contributed by atoms with E-state index in [1.54, 1.807) is 6.07 Å². The fourth-order valence-electron chi connectivity index (χ4n) is 2.48. The second-order valence-corrected chi connectivity index (χ2v) is 6.82. The number of carbonyl (C=O) groups excluding carboxylic acids is 1. The molecular formula is C17H14ClN3O3S. The molecule has 1 aromatic heterocycles. The molecule has 8 heteroatoms. The summed E-state index contributed by atoms with van der Waals surface area (Å²) in [6.07, 6.45) is 0.882. The van der Waals surface area contributed by atoms with Gasteiger partial charge in [-0.1, -0.05) is 35.9 Å². The molecule has 128 valence electrons. The number of nitro benzene ring substituents is 1. The van der Waals surface area contributed by atoms with Gasteiger partial charge in [-0.15, -0.1) is 0 Å². The number of nitrogens with zero attached hydrogens (tertiary/aromatic N) is 3. The van der Waals surface area contributed by atoms with Crippen LogP contribution in [0.15, 0.2) is 47.5 Å². The molecule has 0 aliphatic rings. The second-order valence-electron chi connectivity index (χ2n) is 5.37. The van der Waals surface area contributed by atoms with Gasteiger partial charge < -0.3 is 4.57 Å². The molecule has 0 radical (unpaired) electrons. The van der Waals surface area contributed by atoms with Crippen LogP contribution in [-0.2, 0) is 6.54 Å². The maximum absolute atomic E-state index is 12.5. The number of halogens is 1. The highest BCUT2D eigenvalue weighted by Crippen LogP contribution is 2.22. The van der Waals surface area contributed by atoms with Crippen molar-refractivity contribution >= 4 is 44.7 Å². The molecule has 0 spiro atoms. The van der Waals surface area contributed by atoms with Gasteiger partial charge in [-0.25, -0.2) is 0 Å². The van der Waals surface area contributed by atoms with Gasteiger partial charge in [-0.3, -0.25) is 14.9 Å². The topological polar surface area (TPSA) is 77.5 Å². The number of carbonyl (C=O) groups is 1. The number of nitro groups is 1. The molecule has 3 aromatic rings. The van der Waals surface area contributed by atoms with Crippen molar-refractivity contribution in [2.45, 2.75) is 19.9 Å². The number of hydrogen-bond acceptors (Lipinski definition) is 4. The zero-order valence-electron chi connectivity index (χ0n) is 13.3. The van der Waals surface area contributed by atoms with E-state index in [0.717, 1.165) is 16.6 Å². The van der Waals surface area contributed by atoms with Crippen LogP contribution in [0.5, 0.6) is 0 Å². The quantitative estimate of drug-likeness (QED) is 0.500. The minimum absolute atomic E-state index is 0.134. The molecule has 1 amide bonds. The van der Waals surface area contributed by atoms with Gasteiger partial charge in [0.1, 0.15) is 0 Å². The van der Waals surface area contributed by atoms with Crippen molar-refractivity contribution in [3.63, 3.8) is 0 Å². The highest BCUT2D eigenvalue weighted by Gasteiger charge is 2.12. The van der Waals surface area contributed by atoms with Gasteiger partial charge in [0.05, 0.1) is 15.1 Å². The molecule has 0 N–H and O–H groups in total. The van der Waals surface area contributed by atoms with Gasteiger partial charge >= 0.3 is 0 Å². The highest BCUT2D eigenvalue weighted by atomic mass is 35.5. The number of hydrogen-bond donors (Lipinski definition) is 0. The molecule has 0 atom stereocenters. The van der Waals surface area contributed by atoms with E-state index in [-0.39, 0.29) is 11.3 Å². The summed E-state index contributed by atoms with van der Waals surface area (Å²) in [4.78, 5) is 27.6. The maximum atomic E-state index is 12.5. The summed E-state index contributed by atoms with van der Waals surface area (Å²) in [7, 11) is 0. The van der Waals surface area contributed by atoms with Gasteiger partial charge in [0.2, 0.25) is 0 Å². The van der Waals surface area contributed by atoms with Crippen molar-refractivity contribution in [2.75, 3.05) is 0 Å². The SMILES string of the molecule is CCCn1c(=NC(=O)c2cccc([N+](=O)[O-])c2)sc2cc(Cl)ccc21. The van der Waals surface area contributed by atoms with Crippen molar-refractivity contribution in [1.82, 2.24) is 4.57 Å². The molecule has 2 aromatic carbocycles. The fourth-order valence-corrected chi connectivity index (χ4v) is 3.81. The van der Waals surface area contributed by atoms with Crippen LogP contribution in [0.4, 0.5) is 5.69 Å². The lowest BCUT2D eigenvalue weighted by Gasteiger charge is -2.02. The zero-order valence-corrected chi connectivity index (χ0v) is 14.9. The number of fused-ring (bicyclic) bond motifs is 1. The molecule has 0 bridgehead atoms. The van der Waals surface area contributed by atoms with E-state index in [0.29, 0.717) is 16.4 Å². The Morgan fingerprint density at radius 3 is 2.84 bits per heavy atom. The van der Waals surface area contributed by atoms with Crippen LogP contribution < -0.4 is 4.80 Å². The van der Waals surface area contributed by atoms with Crippen LogP contribution in [0.1, 0.15) is 23.7 Å². The summed E-state index contributed by atoms with van der Waals surface area (Å²) in [6, 6.07) is 11.1. The lowest BCUT2D eigenvalue weighted by Crippen LogP contribution is -2.16. The minimum atomic E-state index is -0.532. The monoisotopic (exact) mass is 375 g/mol. The molecule has 1 heterocycles. The molecule has 3 rings (SSSR count). The standard InChI is InChI=1S/C17H14ClN3O3S/c1-2-8-20-14-7-6-12(18)10-15(14)25-17(20)19-16(22)11-4-3-5-13(9-11)21(23)24/h3-7,9-10H,2,8H2,1H3. The second kappa shape index (κ2) is 7.16. The van der Waals surface area contributed by atoms with Crippen molar-refractivity contribution in [1.29, 1.82) is 0 Å².